The first-order valence-electron chi connectivity index (χ1n) is 8.50. The minimum Gasteiger partial charge on any atom is -0.456 e. The SMILES string of the molecule is CON(Cc1ccc(C(=O)OC(C)(C)C)cc1)C(=O)C1CN(C)C(=O)C1=O. The molecule has 1 aliphatic rings. The van der Waals surface area contributed by atoms with E-state index in [4.69, 9.17) is 9.57 Å². The molecule has 0 aliphatic carbocycles. The number of Topliss-reactive ketones (excluding diaryl/α,β-unsaturated/α-hetero) is 1. The van der Waals surface area contributed by atoms with Crippen molar-refractivity contribution in [2.75, 3.05) is 20.7 Å². The highest BCUT2D eigenvalue weighted by molar-refractivity contribution is 6.42. The van der Waals surface area contributed by atoms with E-state index in [9.17, 15) is 19.2 Å². The maximum absolute atomic E-state index is 12.5. The lowest BCUT2D eigenvalue weighted by molar-refractivity contribution is -0.183. The normalized spacial score (nSPS) is 17.2. The topological polar surface area (TPSA) is 93.2 Å². The van der Waals surface area contributed by atoms with Gasteiger partial charge in [0.15, 0.2) is 0 Å². The summed E-state index contributed by atoms with van der Waals surface area (Å²) in [7, 11) is 2.79. The zero-order valence-corrected chi connectivity index (χ0v) is 16.1. The van der Waals surface area contributed by atoms with Gasteiger partial charge in [-0.05, 0) is 38.5 Å². The molecule has 0 bridgehead atoms. The van der Waals surface area contributed by atoms with E-state index in [0.29, 0.717) is 11.1 Å². The Bertz CT molecular complexity index is 750. The van der Waals surface area contributed by atoms with Crippen molar-refractivity contribution < 1.29 is 28.8 Å². The number of rotatable bonds is 5. The van der Waals surface area contributed by atoms with E-state index in [-0.39, 0.29) is 13.1 Å². The molecule has 2 rings (SSSR count). The lowest BCUT2D eigenvalue weighted by Crippen LogP contribution is -2.38. The Morgan fingerprint density at radius 2 is 1.78 bits per heavy atom. The fraction of sp³-hybridized carbons (Fsp3) is 0.474. The van der Waals surface area contributed by atoms with Crippen LogP contribution in [0, 0.1) is 5.92 Å². The Hall–Kier alpha value is -2.74. The molecular weight excluding hydrogens is 352 g/mol. The molecule has 1 unspecified atom stereocenters. The summed E-state index contributed by atoms with van der Waals surface area (Å²) >= 11 is 0. The van der Waals surface area contributed by atoms with Crippen LogP contribution < -0.4 is 0 Å². The van der Waals surface area contributed by atoms with Gasteiger partial charge in [-0.3, -0.25) is 19.2 Å². The molecule has 0 saturated carbocycles. The number of likely N-dealkylation sites (tertiary alicyclic amines) is 1. The zero-order valence-electron chi connectivity index (χ0n) is 16.1. The summed E-state index contributed by atoms with van der Waals surface area (Å²) < 4.78 is 5.30. The highest BCUT2D eigenvalue weighted by Crippen LogP contribution is 2.18. The average molecular weight is 376 g/mol. The Labute approximate surface area is 158 Å². The van der Waals surface area contributed by atoms with Gasteiger partial charge in [-0.1, -0.05) is 12.1 Å². The largest absolute Gasteiger partial charge is 0.456 e. The minimum atomic E-state index is -1.07. The van der Waals surface area contributed by atoms with Gasteiger partial charge in [-0.25, -0.2) is 9.86 Å². The molecule has 1 atom stereocenters. The number of ketones is 1. The Morgan fingerprint density at radius 1 is 1.19 bits per heavy atom. The summed E-state index contributed by atoms with van der Waals surface area (Å²) in [5, 5.41) is 1.04. The molecule has 0 spiro atoms. The maximum Gasteiger partial charge on any atom is 0.338 e. The Morgan fingerprint density at radius 3 is 2.22 bits per heavy atom. The Kier molecular flexibility index (Phi) is 6.00. The summed E-state index contributed by atoms with van der Waals surface area (Å²) in [6, 6.07) is 6.54. The highest BCUT2D eigenvalue weighted by atomic mass is 16.7. The predicted molar refractivity (Wildman–Crippen MR) is 95.3 cm³/mol. The summed E-state index contributed by atoms with van der Waals surface area (Å²) in [4.78, 5) is 54.4. The van der Waals surface area contributed by atoms with Gasteiger partial charge in [0.25, 0.3) is 11.8 Å². The van der Waals surface area contributed by atoms with Gasteiger partial charge in [0.1, 0.15) is 11.5 Å². The second-order valence-electron chi connectivity index (χ2n) is 7.36. The first kappa shape index (κ1) is 20.6. The van der Waals surface area contributed by atoms with E-state index in [2.05, 4.69) is 0 Å². The fourth-order valence-corrected chi connectivity index (χ4v) is 2.62. The molecule has 1 saturated heterocycles. The second kappa shape index (κ2) is 7.87. The van der Waals surface area contributed by atoms with E-state index in [1.165, 1.54) is 19.1 Å². The number of hydroxylamine groups is 2. The molecule has 8 nitrogen and oxygen atoms in total. The van der Waals surface area contributed by atoms with E-state index >= 15 is 0 Å². The highest BCUT2D eigenvalue weighted by Gasteiger charge is 2.43. The van der Waals surface area contributed by atoms with E-state index in [1.807, 2.05) is 0 Å². The molecule has 146 valence electrons. The molecular formula is C19H24N2O6. The van der Waals surface area contributed by atoms with Crippen LogP contribution in [0.1, 0.15) is 36.7 Å². The zero-order chi connectivity index (χ0) is 20.4. The van der Waals surface area contributed by atoms with Gasteiger partial charge in [0, 0.05) is 13.6 Å². The fourth-order valence-electron chi connectivity index (χ4n) is 2.62. The summed E-state index contributed by atoms with van der Waals surface area (Å²) in [6.07, 6.45) is 0. The summed E-state index contributed by atoms with van der Waals surface area (Å²) in [5.74, 6) is -3.48. The lowest BCUT2D eigenvalue weighted by Gasteiger charge is -2.22. The van der Waals surface area contributed by atoms with Gasteiger partial charge in [0.05, 0.1) is 19.2 Å². The third-order valence-corrected chi connectivity index (χ3v) is 4.01. The van der Waals surface area contributed by atoms with Crippen LogP contribution in [0.2, 0.25) is 0 Å². The van der Waals surface area contributed by atoms with E-state index in [1.54, 1.807) is 45.0 Å². The van der Waals surface area contributed by atoms with Crippen molar-refractivity contribution in [3.05, 3.63) is 35.4 Å². The van der Waals surface area contributed by atoms with Gasteiger partial charge in [-0.2, -0.15) is 0 Å². The number of likely N-dealkylation sites (N-methyl/N-ethyl adjacent to an activating group) is 1. The van der Waals surface area contributed by atoms with Crippen molar-refractivity contribution in [1.29, 1.82) is 0 Å². The maximum atomic E-state index is 12.5. The molecule has 0 radical (unpaired) electrons. The molecule has 27 heavy (non-hydrogen) atoms. The van der Waals surface area contributed by atoms with Crippen molar-refractivity contribution in [3.8, 4) is 0 Å². The van der Waals surface area contributed by atoms with Crippen molar-refractivity contribution in [3.63, 3.8) is 0 Å². The number of hydrogen-bond acceptors (Lipinski definition) is 6. The number of nitrogens with zero attached hydrogens (tertiary/aromatic N) is 2. The average Bonchev–Trinajstić information content (AvgIpc) is 2.85. The molecule has 1 aromatic rings. The van der Waals surface area contributed by atoms with E-state index in [0.717, 1.165) is 5.06 Å². The molecule has 1 fully saturated rings. The molecule has 2 amide bonds. The minimum absolute atomic E-state index is 0.0357. The summed E-state index contributed by atoms with van der Waals surface area (Å²) in [6.45, 7) is 5.47. The van der Waals surface area contributed by atoms with Crippen molar-refractivity contribution in [2.45, 2.75) is 32.9 Å². The number of esters is 1. The van der Waals surface area contributed by atoms with Crippen LogP contribution in [0.5, 0.6) is 0 Å². The summed E-state index contributed by atoms with van der Waals surface area (Å²) in [5.41, 5.74) is 0.498. The van der Waals surface area contributed by atoms with Crippen molar-refractivity contribution in [2.24, 2.45) is 5.92 Å². The number of carbonyl (C=O) groups excluding carboxylic acids is 4. The number of carbonyl (C=O) groups is 4. The predicted octanol–water partition coefficient (Wildman–Crippen LogP) is 1.19. The molecule has 1 aliphatic heterocycles. The third-order valence-electron chi connectivity index (χ3n) is 4.01. The number of hydrogen-bond donors (Lipinski definition) is 0. The monoisotopic (exact) mass is 376 g/mol. The van der Waals surface area contributed by atoms with Crippen LogP contribution in [0.15, 0.2) is 24.3 Å². The van der Waals surface area contributed by atoms with Crippen molar-refractivity contribution >= 4 is 23.6 Å². The van der Waals surface area contributed by atoms with Gasteiger partial charge < -0.3 is 9.64 Å². The van der Waals surface area contributed by atoms with Crippen LogP contribution in [-0.4, -0.2) is 59.8 Å². The Balaban J connectivity index is 2.06. The van der Waals surface area contributed by atoms with Gasteiger partial charge >= 0.3 is 5.97 Å². The van der Waals surface area contributed by atoms with Crippen molar-refractivity contribution in [1.82, 2.24) is 9.96 Å². The quantitative estimate of drug-likeness (QED) is 0.332. The molecule has 1 heterocycles. The first-order chi connectivity index (χ1) is 12.5. The third kappa shape index (κ3) is 4.91. The lowest BCUT2D eigenvalue weighted by atomic mass is 10.1. The first-order valence-corrected chi connectivity index (χ1v) is 8.50. The number of benzene rings is 1. The van der Waals surface area contributed by atoms with Gasteiger partial charge in [-0.15, -0.1) is 0 Å². The number of amides is 2. The molecule has 0 aromatic heterocycles. The van der Waals surface area contributed by atoms with Crippen LogP contribution in [0.4, 0.5) is 0 Å². The van der Waals surface area contributed by atoms with Crippen LogP contribution >= 0.6 is 0 Å². The molecule has 0 N–H and O–H groups in total. The molecule has 8 heteroatoms. The van der Waals surface area contributed by atoms with Crippen LogP contribution in [0.3, 0.4) is 0 Å². The standard InChI is InChI=1S/C19H24N2O6/c1-19(2,3)27-18(25)13-8-6-12(7-9-13)10-21(26-5)16(23)14-11-20(4)17(24)15(14)22/h6-9,14H,10-11H2,1-5H3. The number of ether oxygens (including phenoxy) is 1. The van der Waals surface area contributed by atoms with Crippen LogP contribution in [-0.2, 0) is 30.5 Å². The smallest absolute Gasteiger partial charge is 0.338 e. The van der Waals surface area contributed by atoms with E-state index < -0.39 is 35.1 Å². The molecule has 1 aromatic carbocycles. The van der Waals surface area contributed by atoms with Gasteiger partial charge in [0.2, 0.25) is 5.78 Å². The second-order valence-corrected chi connectivity index (χ2v) is 7.36. The van der Waals surface area contributed by atoms with Crippen LogP contribution in [0.25, 0.3) is 0 Å².